The molecule has 0 aliphatic carbocycles. The van der Waals surface area contributed by atoms with Gasteiger partial charge in [0.15, 0.2) is 0 Å². The molecular formula is C11H14BrNO4. The Morgan fingerprint density at radius 2 is 2.29 bits per heavy atom. The number of carbonyl (C=O) groups is 1. The van der Waals surface area contributed by atoms with Gasteiger partial charge in [-0.1, -0.05) is 0 Å². The first-order chi connectivity index (χ1) is 8.08. The van der Waals surface area contributed by atoms with Crippen molar-refractivity contribution in [2.45, 2.75) is 6.04 Å². The number of carboxylic acids is 1. The molecule has 0 fully saturated rings. The lowest BCUT2D eigenvalue weighted by Crippen LogP contribution is -2.28. The number of methoxy groups -OCH3 is 1. The minimum Gasteiger partial charge on any atom is -0.478 e. The van der Waals surface area contributed by atoms with E-state index in [-0.39, 0.29) is 18.2 Å². The van der Waals surface area contributed by atoms with Crippen LogP contribution < -0.4 is 5.32 Å². The van der Waals surface area contributed by atoms with Crippen molar-refractivity contribution in [3.8, 4) is 0 Å². The lowest BCUT2D eigenvalue weighted by atomic mass is 10.2. The molecule has 17 heavy (non-hydrogen) atoms. The molecular weight excluding hydrogens is 290 g/mol. The van der Waals surface area contributed by atoms with Crippen molar-refractivity contribution >= 4 is 27.6 Å². The van der Waals surface area contributed by atoms with E-state index in [1.54, 1.807) is 19.2 Å². The Morgan fingerprint density at radius 1 is 1.59 bits per heavy atom. The predicted molar refractivity (Wildman–Crippen MR) is 67.5 cm³/mol. The summed E-state index contributed by atoms with van der Waals surface area (Å²) < 4.78 is 5.42. The molecule has 0 amide bonds. The largest absolute Gasteiger partial charge is 0.478 e. The molecule has 0 aromatic heterocycles. The molecule has 0 spiro atoms. The van der Waals surface area contributed by atoms with Gasteiger partial charge in [-0.2, -0.15) is 0 Å². The smallest absolute Gasteiger partial charge is 0.336 e. The second-order valence-corrected chi connectivity index (χ2v) is 4.33. The molecule has 0 aliphatic heterocycles. The van der Waals surface area contributed by atoms with E-state index < -0.39 is 5.97 Å². The van der Waals surface area contributed by atoms with Crippen LogP contribution in [0.4, 0.5) is 5.69 Å². The molecule has 0 saturated carbocycles. The molecule has 1 aromatic rings. The number of benzene rings is 1. The number of halogens is 1. The Bertz CT molecular complexity index is 397. The molecule has 0 heterocycles. The van der Waals surface area contributed by atoms with E-state index in [2.05, 4.69) is 21.2 Å². The van der Waals surface area contributed by atoms with Gasteiger partial charge in [0.2, 0.25) is 0 Å². The van der Waals surface area contributed by atoms with Crippen molar-refractivity contribution < 1.29 is 19.7 Å². The minimum atomic E-state index is -0.987. The van der Waals surface area contributed by atoms with Gasteiger partial charge in [-0.05, 0) is 34.1 Å². The summed E-state index contributed by atoms with van der Waals surface area (Å²) >= 11 is 3.18. The fourth-order valence-corrected chi connectivity index (χ4v) is 1.90. The summed E-state index contributed by atoms with van der Waals surface area (Å²) in [6.45, 7) is 0.306. The van der Waals surface area contributed by atoms with Crippen molar-refractivity contribution in [1.29, 1.82) is 0 Å². The van der Waals surface area contributed by atoms with Crippen molar-refractivity contribution in [3.63, 3.8) is 0 Å². The standard InChI is InChI=1S/C11H14BrNO4/c1-17-6-8(5-14)13-7-2-3-9(11(15)16)10(12)4-7/h2-4,8,13-14H,5-6H2,1H3,(H,15,16). The predicted octanol–water partition coefficient (Wildman–Crippen LogP) is 1.57. The number of aromatic carboxylic acids is 1. The summed E-state index contributed by atoms with van der Waals surface area (Å²) in [5.41, 5.74) is 0.917. The lowest BCUT2D eigenvalue weighted by Gasteiger charge is -2.17. The van der Waals surface area contributed by atoms with Gasteiger partial charge < -0.3 is 20.3 Å². The van der Waals surface area contributed by atoms with E-state index in [9.17, 15) is 4.79 Å². The maximum absolute atomic E-state index is 10.8. The van der Waals surface area contributed by atoms with Crippen LogP contribution in [0.5, 0.6) is 0 Å². The lowest BCUT2D eigenvalue weighted by molar-refractivity contribution is 0.0696. The van der Waals surface area contributed by atoms with E-state index in [0.29, 0.717) is 11.1 Å². The van der Waals surface area contributed by atoms with Gasteiger partial charge in [0.1, 0.15) is 0 Å². The van der Waals surface area contributed by atoms with Gasteiger partial charge in [0, 0.05) is 17.3 Å². The number of hydrogen-bond donors (Lipinski definition) is 3. The van der Waals surface area contributed by atoms with Crippen LogP contribution in [0.3, 0.4) is 0 Å². The Balaban J connectivity index is 2.79. The zero-order chi connectivity index (χ0) is 12.8. The average Bonchev–Trinajstić information content (AvgIpc) is 2.28. The summed E-state index contributed by atoms with van der Waals surface area (Å²) in [5.74, 6) is -0.987. The van der Waals surface area contributed by atoms with Crippen LogP contribution in [0.25, 0.3) is 0 Å². The highest BCUT2D eigenvalue weighted by Gasteiger charge is 2.11. The third kappa shape index (κ3) is 3.99. The number of hydrogen-bond acceptors (Lipinski definition) is 4. The monoisotopic (exact) mass is 303 g/mol. The van der Waals surface area contributed by atoms with Crippen LogP contribution in [0.2, 0.25) is 0 Å². The number of carboxylic acid groups (broad SMARTS) is 1. The van der Waals surface area contributed by atoms with Crippen molar-refractivity contribution in [2.24, 2.45) is 0 Å². The fraction of sp³-hybridized carbons (Fsp3) is 0.364. The van der Waals surface area contributed by atoms with Gasteiger partial charge in [-0.3, -0.25) is 0 Å². The molecule has 0 saturated heterocycles. The third-order valence-corrected chi connectivity index (χ3v) is 2.81. The number of ether oxygens (including phenoxy) is 1. The Kier molecular flexibility index (Phi) is 5.40. The van der Waals surface area contributed by atoms with Gasteiger partial charge in [-0.15, -0.1) is 0 Å². The normalized spacial score (nSPS) is 12.2. The van der Waals surface area contributed by atoms with Gasteiger partial charge in [-0.25, -0.2) is 4.79 Å². The molecule has 5 nitrogen and oxygen atoms in total. The summed E-state index contributed by atoms with van der Waals surface area (Å²) in [4.78, 5) is 10.8. The molecule has 0 radical (unpaired) electrons. The summed E-state index contributed by atoms with van der Waals surface area (Å²) in [6, 6.07) is 4.58. The van der Waals surface area contributed by atoms with Crippen molar-refractivity contribution in [2.75, 3.05) is 25.6 Å². The first kappa shape index (κ1) is 14.0. The molecule has 1 aromatic carbocycles. The highest BCUT2D eigenvalue weighted by atomic mass is 79.9. The minimum absolute atomic E-state index is 0.0634. The average molecular weight is 304 g/mol. The van der Waals surface area contributed by atoms with Crippen LogP contribution >= 0.6 is 15.9 Å². The van der Waals surface area contributed by atoms with E-state index >= 15 is 0 Å². The number of aliphatic hydroxyl groups excluding tert-OH is 1. The van der Waals surface area contributed by atoms with Crippen LogP contribution in [-0.4, -0.2) is 42.5 Å². The Labute approximate surface area is 108 Å². The maximum Gasteiger partial charge on any atom is 0.336 e. The quantitative estimate of drug-likeness (QED) is 0.743. The van der Waals surface area contributed by atoms with Gasteiger partial charge >= 0.3 is 5.97 Å². The first-order valence-corrected chi connectivity index (χ1v) is 5.77. The van der Waals surface area contributed by atoms with Crippen molar-refractivity contribution in [3.05, 3.63) is 28.2 Å². The van der Waals surface area contributed by atoms with Crippen LogP contribution in [-0.2, 0) is 4.74 Å². The molecule has 0 aliphatic rings. The molecule has 1 unspecified atom stereocenters. The molecule has 0 bridgehead atoms. The van der Waals surface area contributed by atoms with E-state index in [0.717, 1.165) is 5.69 Å². The Morgan fingerprint density at radius 3 is 2.76 bits per heavy atom. The zero-order valence-electron chi connectivity index (χ0n) is 9.31. The topological polar surface area (TPSA) is 78.8 Å². The number of aliphatic hydroxyl groups is 1. The highest BCUT2D eigenvalue weighted by molar-refractivity contribution is 9.10. The highest BCUT2D eigenvalue weighted by Crippen LogP contribution is 2.22. The fourth-order valence-electron chi connectivity index (χ4n) is 1.36. The molecule has 6 heteroatoms. The first-order valence-electron chi connectivity index (χ1n) is 4.97. The van der Waals surface area contributed by atoms with E-state index in [4.69, 9.17) is 14.9 Å². The maximum atomic E-state index is 10.8. The third-order valence-electron chi connectivity index (χ3n) is 2.16. The SMILES string of the molecule is COCC(CO)Nc1ccc(C(=O)O)c(Br)c1. The molecule has 3 N–H and O–H groups in total. The second kappa shape index (κ2) is 6.58. The van der Waals surface area contributed by atoms with Gasteiger partial charge in [0.25, 0.3) is 0 Å². The number of anilines is 1. The summed E-state index contributed by atoms with van der Waals surface area (Å²) in [6.07, 6.45) is 0. The van der Waals surface area contributed by atoms with Crippen LogP contribution in [0.1, 0.15) is 10.4 Å². The zero-order valence-corrected chi connectivity index (χ0v) is 10.9. The number of rotatable bonds is 6. The van der Waals surface area contributed by atoms with Crippen molar-refractivity contribution in [1.82, 2.24) is 0 Å². The van der Waals surface area contributed by atoms with Crippen LogP contribution in [0.15, 0.2) is 22.7 Å². The number of nitrogens with one attached hydrogen (secondary N) is 1. The summed E-state index contributed by atoms with van der Waals surface area (Å²) in [7, 11) is 1.55. The van der Waals surface area contributed by atoms with Crippen LogP contribution in [0, 0.1) is 0 Å². The second-order valence-electron chi connectivity index (χ2n) is 3.48. The van der Waals surface area contributed by atoms with E-state index in [1.165, 1.54) is 6.07 Å². The Hall–Kier alpha value is -1.11. The van der Waals surface area contributed by atoms with E-state index in [1.807, 2.05) is 0 Å². The molecule has 1 rings (SSSR count). The molecule has 1 atom stereocenters. The van der Waals surface area contributed by atoms with Gasteiger partial charge in [0.05, 0.1) is 24.8 Å². The molecule has 94 valence electrons. The summed E-state index contributed by atoms with van der Waals surface area (Å²) in [5, 5.41) is 21.0.